The largest absolute Gasteiger partial charge is 0.464 e. The molecule has 10 heteroatoms. The van der Waals surface area contributed by atoms with Crippen LogP contribution in [0.5, 0.6) is 0 Å². The van der Waals surface area contributed by atoms with E-state index in [-0.39, 0.29) is 30.4 Å². The maximum Gasteiger partial charge on any atom is 0.332 e. The summed E-state index contributed by atoms with van der Waals surface area (Å²) in [6.45, 7) is 4.78. The van der Waals surface area contributed by atoms with Crippen molar-refractivity contribution in [2.45, 2.75) is 45.3 Å². The highest BCUT2D eigenvalue weighted by Gasteiger charge is 2.29. The van der Waals surface area contributed by atoms with Gasteiger partial charge < -0.3 is 30.6 Å². The monoisotopic (exact) mass is 434 g/mol. The third kappa shape index (κ3) is 6.95. The number of nitrogens with two attached hydrogens (primary N) is 1. The molecule has 0 saturated carbocycles. The zero-order chi connectivity index (χ0) is 22.8. The first-order chi connectivity index (χ1) is 14.9. The SMILES string of the molecule is CCOC(=O)COC1CCN(C(=O)[C@H](CC)NC(=O)c2ccc(/C(N)=N/O)cc2)CC1. The Kier molecular flexibility index (Phi) is 9.26. The number of likely N-dealkylation sites (tertiary alicyclic amines) is 1. The molecule has 1 heterocycles. The van der Waals surface area contributed by atoms with E-state index in [9.17, 15) is 14.4 Å². The highest BCUT2D eigenvalue weighted by atomic mass is 16.6. The van der Waals surface area contributed by atoms with Gasteiger partial charge in [0.1, 0.15) is 12.6 Å². The van der Waals surface area contributed by atoms with Crippen LogP contribution in [0.4, 0.5) is 0 Å². The number of hydrogen-bond acceptors (Lipinski definition) is 7. The summed E-state index contributed by atoms with van der Waals surface area (Å²) in [6.07, 6.45) is 1.58. The molecule has 1 fully saturated rings. The average Bonchev–Trinajstić information content (AvgIpc) is 2.80. The van der Waals surface area contributed by atoms with Crippen LogP contribution in [0.3, 0.4) is 0 Å². The van der Waals surface area contributed by atoms with E-state index in [1.165, 1.54) is 0 Å². The predicted molar refractivity (Wildman–Crippen MR) is 113 cm³/mol. The lowest BCUT2D eigenvalue weighted by atomic mass is 10.1. The molecular formula is C21H30N4O6. The number of carbonyl (C=O) groups is 3. The van der Waals surface area contributed by atoms with Gasteiger partial charge in [0, 0.05) is 24.2 Å². The number of ether oxygens (including phenoxy) is 2. The Labute approximate surface area is 181 Å². The minimum Gasteiger partial charge on any atom is -0.464 e. The van der Waals surface area contributed by atoms with Crippen molar-refractivity contribution in [1.82, 2.24) is 10.2 Å². The minimum atomic E-state index is -0.645. The molecule has 1 atom stereocenters. The fourth-order valence-corrected chi connectivity index (χ4v) is 3.28. The van der Waals surface area contributed by atoms with Crippen molar-refractivity contribution >= 4 is 23.6 Å². The molecule has 2 amide bonds. The highest BCUT2D eigenvalue weighted by Crippen LogP contribution is 2.16. The summed E-state index contributed by atoms with van der Waals surface area (Å²) in [4.78, 5) is 38.5. The molecule has 10 nitrogen and oxygen atoms in total. The summed E-state index contributed by atoms with van der Waals surface area (Å²) in [5.74, 6) is -0.968. The van der Waals surface area contributed by atoms with Gasteiger partial charge in [0.2, 0.25) is 5.91 Å². The van der Waals surface area contributed by atoms with Crippen LogP contribution in [0, 0.1) is 0 Å². The molecule has 2 rings (SSSR count). The topological polar surface area (TPSA) is 144 Å². The van der Waals surface area contributed by atoms with E-state index in [1.807, 2.05) is 6.92 Å². The first-order valence-corrected chi connectivity index (χ1v) is 10.3. The van der Waals surface area contributed by atoms with Crippen LogP contribution in [0.25, 0.3) is 0 Å². The van der Waals surface area contributed by atoms with Crippen LogP contribution in [0.15, 0.2) is 29.4 Å². The van der Waals surface area contributed by atoms with E-state index < -0.39 is 12.0 Å². The van der Waals surface area contributed by atoms with Crippen molar-refractivity contribution in [3.63, 3.8) is 0 Å². The Balaban J connectivity index is 1.86. The second-order valence-corrected chi connectivity index (χ2v) is 7.14. The Morgan fingerprint density at radius 2 is 1.81 bits per heavy atom. The Morgan fingerprint density at radius 1 is 1.19 bits per heavy atom. The second kappa shape index (κ2) is 11.9. The van der Waals surface area contributed by atoms with Crippen molar-refractivity contribution in [2.75, 3.05) is 26.3 Å². The summed E-state index contributed by atoms with van der Waals surface area (Å²) < 4.78 is 10.4. The van der Waals surface area contributed by atoms with Crippen molar-refractivity contribution < 1.29 is 29.1 Å². The summed E-state index contributed by atoms with van der Waals surface area (Å²) in [7, 11) is 0. The molecule has 1 saturated heterocycles. The van der Waals surface area contributed by atoms with Crippen LogP contribution < -0.4 is 11.1 Å². The molecule has 4 N–H and O–H groups in total. The lowest BCUT2D eigenvalue weighted by Gasteiger charge is -2.34. The number of hydrogen-bond donors (Lipinski definition) is 3. The number of carbonyl (C=O) groups excluding carboxylic acids is 3. The molecule has 1 aliphatic rings. The van der Waals surface area contributed by atoms with Crippen molar-refractivity contribution in [3.05, 3.63) is 35.4 Å². The number of amides is 2. The lowest BCUT2D eigenvalue weighted by Crippen LogP contribution is -2.51. The lowest BCUT2D eigenvalue weighted by molar-refractivity contribution is -0.152. The zero-order valence-corrected chi connectivity index (χ0v) is 17.9. The van der Waals surface area contributed by atoms with Gasteiger partial charge in [0.15, 0.2) is 5.84 Å². The minimum absolute atomic E-state index is 0.0526. The van der Waals surface area contributed by atoms with Gasteiger partial charge in [-0.15, -0.1) is 0 Å². The summed E-state index contributed by atoms with van der Waals surface area (Å²) >= 11 is 0. The number of nitrogens with one attached hydrogen (secondary N) is 1. The zero-order valence-electron chi connectivity index (χ0n) is 17.9. The molecule has 0 radical (unpaired) electrons. The first kappa shape index (κ1) is 24.1. The Hall–Kier alpha value is -3.14. The second-order valence-electron chi connectivity index (χ2n) is 7.14. The Morgan fingerprint density at radius 3 is 2.35 bits per heavy atom. The molecule has 170 valence electrons. The molecule has 0 aromatic heterocycles. The van der Waals surface area contributed by atoms with Gasteiger partial charge in [-0.1, -0.05) is 24.2 Å². The van der Waals surface area contributed by atoms with E-state index in [0.29, 0.717) is 50.1 Å². The van der Waals surface area contributed by atoms with Crippen LogP contribution in [0.1, 0.15) is 49.0 Å². The molecule has 0 spiro atoms. The molecule has 0 aliphatic carbocycles. The maximum absolute atomic E-state index is 12.9. The van der Waals surface area contributed by atoms with Crippen LogP contribution >= 0.6 is 0 Å². The average molecular weight is 434 g/mol. The quantitative estimate of drug-likeness (QED) is 0.172. The number of amidine groups is 1. The van der Waals surface area contributed by atoms with E-state index in [2.05, 4.69) is 10.5 Å². The molecule has 31 heavy (non-hydrogen) atoms. The number of benzene rings is 1. The highest BCUT2D eigenvalue weighted by molar-refractivity contribution is 6.00. The molecule has 1 aromatic carbocycles. The Bertz CT molecular complexity index is 788. The maximum atomic E-state index is 12.9. The fraction of sp³-hybridized carbons (Fsp3) is 0.524. The number of nitrogens with zero attached hydrogens (tertiary/aromatic N) is 2. The van der Waals surface area contributed by atoms with Crippen molar-refractivity contribution in [3.8, 4) is 0 Å². The smallest absolute Gasteiger partial charge is 0.332 e. The van der Waals surface area contributed by atoms with E-state index in [4.69, 9.17) is 20.4 Å². The van der Waals surface area contributed by atoms with Gasteiger partial charge >= 0.3 is 5.97 Å². The number of piperidine rings is 1. The van der Waals surface area contributed by atoms with Crippen LogP contribution in [-0.2, 0) is 19.1 Å². The summed E-state index contributed by atoms with van der Waals surface area (Å²) in [5, 5.41) is 14.4. The van der Waals surface area contributed by atoms with Gasteiger partial charge in [0.25, 0.3) is 5.91 Å². The molecule has 0 unspecified atom stereocenters. The third-order valence-electron chi connectivity index (χ3n) is 5.06. The molecular weight excluding hydrogens is 404 g/mol. The normalized spacial score (nSPS) is 15.9. The number of oxime groups is 1. The molecule has 1 aliphatic heterocycles. The first-order valence-electron chi connectivity index (χ1n) is 10.3. The van der Waals surface area contributed by atoms with E-state index in [0.717, 1.165) is 0 Å². The molecule has 0 bridgehead atoms. The van der Waals surface area contributed by atoms with Gasteiger partial charge in [0.05, 0.1) is 12.7 Å². The fourth-order valence-electron chi connectivity index (χ4n) is 3.28. The van der Waals surface area contributed by atoms with Gasteiger partial charge in [-0.25, -0.2) is 4.79 Å². The van der Waals surface area contributed by atoms with Crippen LogP contribution in [-0.4, -0.2) is 72.2 Å². The number of esters is 1. The van der Waals surface area contributed by atoms with Gasteiger partial charge in [-0.3, -0.25) is 9.59 Å². The van der Waals surface area contributed by atoms with E-state index >= 15 is 0 Å². The third-order valence-corrected chi connectivity index (χ3v) is 5.06. The van der Waals surface area contributed by atoms with Gasteiger partial charge in [-0.2, -0.15) is 0 Å². The molecule has 1 aromatic rings. The van der Waals surface area contributed by atoms with Crippen LogP contribution in [0.2, 0.25) is 0 Å². The van der Waals surface area contributed by atoms with Gasteiger partial charge in [-0.05, 0) is 38.3 Å². The van der Waals surface area contributed by atoms with Crippen molar-refractivity contribution in [1.29, 1.82) is 0 Å². The number of rotatable bonds is 9. The summed E-state index contributed by atoms with van der Waals surface area (Å²) in [5.41, 5.74) is 6.37. The predicted octanol–water partition coefficient (Wildman–Crippen LogP) is 0.860. The standard InChI is InChI=1S/C21H30N4O6/c1-3-17(23-20(27)15-7-5-14(6-8-15)19(22)24-29)21(28)25-11-9-16(10-12-25)31-13-18(26)30-4-2/h5-8,16-17,29H,3-4,9-13H2,1-2H3,(H2,22,24)(H,23,27)/t17-/m0/s1. The van der Waals surface area contributed by atoms with Crippen molar-refractivity contribution in [2.24, 2.45) is 10.9 Å². The summed E-state index contributed by atoms with van der Waals surface area (Å²) in [6, 6.07) is 5.58. The van der Waals surface area contributed by atoms with E-state index in [1.54, 1.807) is 36.1 Å².